The molecule has 2 aliphatic rings. The number of rotatable bonds is 60. The number of anilines is 3. The SMILES string of the molecule is CC[C@H](C)[C@@H]([C@@H](CC(=O)N1CCC[C@H]1[C@H](OC)[C@@H](C)C(=O)N[C@H](C)[C@@H](O)c1ccccc1)OC)N(C)C(=O)[C@@H](NC(=O)[C@H](C(C)C)N(C)C(=O)OCc1ccc(NC(=O)[C@H](CCCNC(N)=O)NC(=O)[C@@H](NC(=O)[C@H](CCC(N)=O)NC(=O)CCOCCOCCOCCOCCC(=O)NCCNc2ncc(-c3cc(C)cc(F)c3)c(N3CCC(N)CC3)c2-c2nc3ccc(Cl)cc3[nH]2)C(C)C)cc1C(=O)NC)C(C)C. The number of carbonyl (C=O) groups excluding carboxylic acids is 13. The number of methoxy groups -OCH3 is 2. The van der Waals surface area contributed by atoms with Crippen LogP contribution in [0.4, 0.5) is 31.2 Å². The van der Waals surface area contributed by atoms with Gasteiger partial charge in [-0.3, -0.25) is 57.6 Å². The molecule has 804 valence electrons. The number of H-pyrrole nitrogens is 1. The van der Waals surface area contributed by atoms with Crippen molar-refractivity contribution < 1.29 is 105 Å². The highest BCUT2D eigenvalue weighted by Gasteiger charge is 2.45. The minimum atomic E-state index is -1.38. The van der Waals surface area contributed by atoms with Gasteiger partial charge in [0.05, 0.1) is 124 Å². The number of amides is 14. The zero-order chi connectivity index (χ0) is 107. The van der Waals surface area contributed by atoms with Crippen molar-refractivity contribution in [3.8, 4) is 22.5 Å². The second-order valence-corrected chi connectivity index (χ2v) is 38.6. The van der Waals surface area contributed by atoms with Gasteiger partial charge in [-0.1, -0.05) is 123 Å². The number of nitrogens with zero attached hydrogens (tertiary/aromatic N) is 6. The van der Waals surface area contributed by atoms with Crippen LogP contribution in [0, 0.1) is 42.3 Å². The Hall–Kier alpha value is -12.3. The largest absolute Gasteiger partial charge is 0.445 e. The lowest BCUT2D eigenvalue weighted by atomic mass is 9.89. The number of aromatic nitrogens is 3. The van der Waals surface area contributed by atoms with Gasteiger partial charge >= 0.3 is 12.1 Å². The third-order valence-electron chi connectivity index (χ3n) is 26.2. The molecular weight excluding hydrogens is 1910 g/mol. The van der Waals surface area contributed by atoms with Crippen LogP contribution in [0.15, 0.2) is 91.1 Å². The van der Waals surface area contributed by atoms with Gasteiger partial charge in [-0.2, -0.15) is 0 Å². The third-order valence-corrected chi connectivity index (χ3v) is 26.4. The molecular formula is C103H152ClFN20O21. The van der Waals surface area contributed by atoms with Gasteiger partial charge in [-0.05, 0) is 142 Å². The van der Waals surface area contributed by atoms with E-state index in [1.807, 2.05) is 39.0 Å². The fraction of sp³-hybridized carbons (Fsp3) is 0.583. The maximum atomic E-state index is 15.0. The number of likely N-dealkylation sites (tertiary alicyclic amines) is 1. The van der Waals surface area contributed by atoms with Crippen LogP contribution in [0.3, 0.4) is 0 Å². The number of urea groups is 1. The third kappa shape index (κ3) is 35.5. The number of likely N-dealkylation sites (N-methyl/N-ethyl adjacent to an activating group) is 2. The minimum absolute atomic E-state index is 0.0227. The predicted octanol–water partition coefficient (Wildman–Crippen LogP) is 7.41. The Kier molecular flexibility index (Phi) is 48.5. The van der Waals surface area contributed by atoms with Crippen molar-refractivity contribution in [2.45, 2.75) is 233 Å². The molecule has 13 atom stereocenters. The van der Waals surface area contributed by atoms with Crippen molar-refractivity contribution in [3.05, 3.63) is 124 Å². The fourth-order valence-electron chi connectivity index (χ4n) is 18.0. The van der Waals surface area contributed by atoms with Crippen LogP contribution in [-0.4, -0.2) is 306 Å². The maximum absolute atomic E-state index is 15.0. The number of imidazole rings is 1. The van der Waals surface area contributed by atoms with E-state index in [1.54, 1.807) is 110 Å². The first-order chi connectivity index (χ1) is 69.6. The number of piperidine rings is 1. The summed E-state index contributed by atoms with van der Waals surface area (Å²) in [6.45, 7) is 22.2. The fourth-order valence-corrected chi connectivity index (χ4v) is 18.2. The number of aromatic amines is 1. The first kappa shape index (κ1) is 119. The first-order valence-electron chi connectivity index (χ1n) is 50.1. The van der Waals surface area contributed by atoms with Crippen molar-refractivity contribution in [1.82, 2.24) is 72.2 Å². The number of hydrogen-bond acceptors (Lipinski definition) is 26. The average Bonchev–Trinajstić information content (AvgIpc) is 1.42. The van der Waals surface area contributed by atoms with Crippen LogP contribution in [0.1, 0.15) is 179 Å². The molecule has 2 aromatic heterocycles. The Bertz CT molecular complexity index is 5310. The quantitative estimate of drug-likeness (QED) is 0.0165. The highest BCUT2D eigenvalue weighted by atomic mass is 35.5. The van der Waals surface area contributed by atoms with Gasteiger partial charge < -0.3 is 128 Å². The van der Waals surface area contributed by atoms with E-state index in [-0.39, 0.29) is 163 Å². The topological polar surface area (TPSA) is 560 Å². The van der Waals surface area contributed by atoms with E-state index in [4.69, 9.17) is 71.9 Å². The molecule has 0 saturated carbocycles. The van der Waals surface area contributed by atoms with E-state index in [2.05, 4.69) is 63.1 Å². The monoisotopic (exact) mass is 2060 g/mol. The molecule has 41 nitrogen and oxygen atoms in total. The summed E-state index contributed by atoms with van der Waals surface area (Å²) in [7, 11) is 7.28. The number of carbonyl (C=O) groups is 13. The minimum Gasteiger partial charge on any atom is -0.445 e. The predicted molar refractivity (Wildman–Crippen MR) is 551 cm³/mol. The first-order valence-corrected chi connectivity index (χ1v) is 50.5. The summed E-state index contributed by atoms with van der Waals surface area (Å²) in [6, 6.07) is 14.3. The van der Waals surface area contributed by atoms with E-state index in [1.165, 1.54) is 63.5 Å². The van der Waals surface area contributed by atoms with Crippen molar-refractivity contribution in [2.75, 3.05) is 143 Å². The summed E-state index contributed by atoms with van der Waals surface area (Å²) in [5.41, 5.74) is 23.0. The lowest BCUT2D eigenvalue weighted by molar-refractivity contribution is -0.148. The summed E-state index contributed by atoms with van der Waals surface area (Å²) in [4.78, 5) is 199. The number of benzene rings is 4. The molecule has 0 unspecified atom stereocenters. The van der Waals surface area contributed by atoms with Gasteiger partial charge in [0.15, 0.2) is 0 Å². The molecule has 6 aromatic rings. The van der Waals surface area contributed by atoms with Crippen molar-refractivity contribution in [2.24, 2.45) is 46.8 Å². The normalized spacial score (nSPS) is 15.8. The van der Waals surface area contributed by atoms with E-state index in [0.29, 0.717) is 84.3 Å². The number of aliphatic hydroxyl groups excluding tert-OH is 1. The summed E-state index contributed by atoms with van der Waals surface area (Å²) < 4.78 is 55.4. The standard InChI is InChI=1S/C103H152ClFN20O21/c1-17-63(9)89(80(140-15)56-84(129)125-40-22-26-79(125)92(141-16)64(10)95(131)114-65(11)91(130)66-23-19-18-20-24-66)122(13)101(137)87(60(4)5)121-100(136)88(61(6)7)123(14)103(139)146-58-67-27-29-72(55-73(67)96(132)109-12)115-97(133)76(25-21-37-112-102(108)138)119-99(135)86(59(2)3)120-98(134)77(31-32-81(107)126)116-83(128)36-44-143-46-48-145-50-49-144-47-45-142-43-35-82(127)110-38-39-111-93-85(94-117-75-30-28-69(104)54-78(75)118-94)90(124-41-33-71(106)34-42-124)74(57-113-93)68-51-62(8)52-70(105)53-68/h18-20,23-24,27-30,51-55,57,59-61,63-65,71,76-77,79-80,86-89,91-92,130H,17,21-22,25-26,31-50,56,58,106H2,1-16H3,(H2,107,126)(H,109,132)(H,110,127)(H,111,113)(H,114,131)(H,115,133)(H,116,128)(H,117,118)(H,119,135)(H,120,134)(H,121,136)(H3,108,112,138)/t63-,64+,65+,76-,77-,79-,80+,86-,87-,88-,89-,91+,92+/m0/s1. The lowest BCUT2D eigenvalue weighted by Crippen LogP contribution is -2.60. The molecule has 2 fully saturated rings. The number of fused-ring (bicyclic) bond motifs is 1. The Balaban J connectivity index is 0.772. The van der Waals surface area contributed by atoms with Crippen LogP contribution in [0.5, 0.6) is 0 Å². The Labute approximate surface area is 858 Å². The van der Waals surface area contributed by atoms with Crippen LogP contribution in [-0.2, 0) is 87.7 Å². The van der Waals surface area contributed by atoms with Gasteiger partial charge in [0.2, 0.25) is 59.1 Å². The molecule has 2 aliphatic heterocycles. The molecule has 2 saturated heterocycles. The molecule has 4 aromatic carbocycles. The van der Waals surface area contributed by atoms with Crippen LogP contribution >= 0.6 is 11.6 Å². The number of ether oxygens (including phenoxy) is 7. The average molecular weight is 2060 g/mol. The van der Waals surface area contributed by atoms with Gasteiger partial charge in [0, 0.05) is 134 Å². The number of aryl methyl sites for hydroxylation is 1. The highest BCUT2D eigenvalue weighted by Crippen LogP contribution is 2.45. The zero-order valence-corrected chi connectivity index (χ0v) is 87.6. The highest BCUT2D eigenvalue weighted by molar-refractivity contribution is 6.31. The number of aliphatic hydroxyl groups is 1. The van der Waals surface area contributed by atoms with E-state index in [9.17, 15) is 62.6 Å². The van der Waals surface area contributed by atoms with Gasteiger partial charge in [0.1, 0.15) is 54.3 Å². The molecule has 4 heterocycles. The van der Waals surface area contributed by atoms with E-state index < -0.39 is 156 Å². The second kappa shape index (κ2) is 59.5. The summed E-state index contributed by atoms with van der Waals surface area (Å²) >= 11 is 6.39. The molecule has 146 heavy (non-hydrogen) atoms. The van der Waals surface area contributed by atoms with E-state index >= 15 is 9.18 Å². The molecule has 0 spiro atoms. The van der Waals surface area contributed by atoms with Crippen molar-refractivity contribution >= 4 is 117 Å². The van der Waals surface area contributed by atoms with Crippen molar-refractivity contribution in [3.63, 3.8) is 0 Å². The number of nitrogens with two attached hydrogens (primary N) is 3. The number of pyridine rings is 1. The number of primary amides is 2. The Morgan fingerprint density at radius 3 is 1.91 bits per heavy atom. The molecule has 43 heteroatoms. The van der Waals surface area contributed by atoms with Crippen molar-refractivity contribution in [1.29, 1.82) is 0 Å². The number of nitrogens with one attached hydrogen (secondary N) is 11. The van der Waals surface area contributed by atoms with Crippen LogP contribution < -0.4 is 75.3 Å². The maximum Gasteiger partial charge on any atom is 0.410 e. The van der Waals surface area contributed by atoms with Gasteiger partial charge in [-0.15, -0.1) is 0 Å². The smallest absolute Gasteiger partial charge is 0.410 e. The Morgan fingerprint density at radius 1 is 0.658 bits per heavy atom. The molecule has 0 radical (unpaired) electrons. The molecule has 0 aliphatic carbocycles. The number of halogens is 2. The second-order valence-electron chi connectivity index (χ2n) is 38.2. The number of hydrogen-bond donors (Lipinski definition) is 15. The summed E-state index contributed by atoms with van der Waals surface area (Å²) in [5.74, 6) is -8.60. The zero-order valence-electron chi connectivity index (χ0n) is 86.9. The van der Waals surface area contributed by atoms with Gasteiger partial charge in [0.25, 0.3) is 5.91 Å². The van der Waals surface area contributed by atoms with E-state index in [0.717, 1.165) is 40.1 Å². The molecule has 18 N–H and O–H groups in total. The summed E-state index contributed by atoms with van der Waals surface area (Å²) in [6.07, 6.45) is 0.636. The Morgan fingerprint density at radius 2 is 1.30 bits per heavy atom. The van der Waals surface area contributed by atoms with Crippen LogP contribution in [0.25, 0.3) is 33.5 Å². The van der Waals surface area contributed by atoms with Gasteiger partial charge in [-0.25, -0.2) is 23.9 Å². The molecule has 14 amide bonds. The van der Waals surface area contributed by atoms with Crippen LogP contribution in [0.2, 0.25) is 5.02 Å². The molecule has 8 rings (SSSR count). The molecule has 0 bridgehead atoms. The summed E-state index contributed by atoms with van der Waals surface area (Å²) in [5, 5.41) is 39.4. The lowest BCUT2D eigenvalue weighted by Gasteiger charge is -2.41.